The van der Waals surface area contributed by atoms with Crippen LogP contribution < -0.4 is 5.56 Å². The van der Waals surface area contributed by atoms with Crippen LogP contribution >= 0.6 is 11.6 Å². The van der Waals surface area contributed by atoms with Crippen LogP contribution in [0.2, 0.25) is 5.02 Å². The normalized spacial score (nSPS) is 11.4. The predicted molar refractivity (Wildman–Crippen MR) is 88.2 cm³/mol. The molecule has 25 heavy (non-hydrogen) atoms. The van der Waals surface area contributed by atoms with Gasteiger partial charge in [-0.2, -0.15) is 13.2 Å². The standard InChI is InChI=1S/C17H16ClF3N2O2/c1-2-22(9-12-6-4-3-5-7-12)15(24)11-23-10-13(17(19,20)21)8-14(18)16(23)25/h3-8,10H,2,9,11H2,1H3. The van der Waals surface area contributed by atoms with Gasteiger partial charge >= 0.3 is 6.18 Å². The molecule has 0 spiro atoms. The smallest absolute Gasteiger partial charge is 0.337 e. The zero-order valence-electron chi connectivity index (χ0n) is 13.4. The second kappa shape index (κ2) is 7.74. The van der Waals surface area contributed by atoms with E-state index < -0.39 is 34.8 Å². The summed E-state index contributed by atoms with van der Waals surface area (Å²) < 4.78 is 39.3. The third kappa shape index (κ3) is 4.85. The number of halogens is 4. The quantitative estimate of drug-likeness (QED) is 0.805. The van der Waals surface area contributed by atoms with Gasteiger partial charge in [0.25, 0.3) is 5.56 Å². The molecule has 1 heterocycles. The lowest BCUT2D eigenvalue weighted by atomic mass is 10.2. The maximum absolute atomic E-state index is 12.9. The summed E-state index contributed by atoms with van der Waals surface area (Å²) in [5.41, 5.74) is -1.03. The number of likely N-dealkylation sites (N-methyl/N-ethyl adjacent to an activating group) is 1. The van der Waals surface area contributed by atoms with Gasteiger partial charge in [0.2, 0.25) is 5.91 Å². The van der Waals surface area contributed by atoms with E-state index in [2.05, 4.69) is 0 Å². The molecule has 0 N–H and O–H groups in total. The molecule has 0 aliphatic carbocycles. The highest BCUT2D eigenvalue weighted by Gasteiger charge is 2.32. The number of alkyl halides is 3. The van der Waals surface area contributed by atoms with Crippen molar-refractivity contribution in [3.05, 3.63) is 69.1 Å². The summed E-state index contributed by atoms with van der Waals surface area (Å²) in [6, 6.07) is 9.72. The van der Waals surface area contributed by atoms with Crippen molar-refractivity contribution >= 4 is 17.5 Å². The van der Waals surface area contributed by atoms with Crippen LogP contribution in [0, 0.1) is 0 Å². The molecule has 0 saturated carbocycles. The maximum Gasteiger partial charge on any atom is 0.417 e. The fourth-order valence-corrected chi connectivity index (χ4v) is 2.52. The Morgan fingerprint density at radius 3 is 2.44 bits per heavy atom. The van der Waals surface area contributed by atoms with Gasteiger partial charge in [-0.15, -0.1) is 0 Å². The molecule has 4 nitrogen and oxygen atoms in total. The molecule has 0 fully saturated rings. The number of hydrogen-bond donors (Lipinski definition) is 0. The summed E-state index contributed by atoms with van der Waals surface area (Å²) in [6.45, 7) is 1.90. The molecule has 0 atom stereocenters. The van der Waals surface area contributed by atoms with Crippen LogP contribution in [0.25, 0.3) is 0 Å². The average Bonchev–Trinajstić information content (AvgIpc) is 2.56. The zero-order chi connectivity index (χ0) is 18.6. The molecular weight excluding hydrogens is 357 g/mol. The molecule has 2 aromatic rings. The van der Waals surface area contributed by atoms with Gasteiger partial charge in [-0.25, -0.2) is 0 Å². The number of benzene rings is 1. The predicted octanol–water partition coefficient (Wildman–Crippen LogP) is 3.57. The number of rotatable bonds is 5. The van der Waals surface area contributed by atoms with Crippen molar-refractivity contribution in [2.24, 2.45) is 0 Å². The molecule has 134 valence electrons. The van der Waals surface area contributed by atoms with Crippen LogP contribution in [0.15, 0.2) is 47.4 Å². The molecule has 0 bridgehead atoms. The highest BCUT2D eigenvalue weighted by molar-refractivity contribution is 6.30. The molecule has 1 amide bonds. The van der Waals surface area contributed by atoms with E-state index in [-0.39, 0.29) is 0 Å². The summed E-state index contributed by atoms with van der Waals surface area (Å²) in [6.07, 6.45) is -4.04. The molecule has 0 unspecified atom stereocenters. The van der Waals surface area contributed by atoms with Crippen LogP contribution in [-0.2, 0) is 24.1 Å². The number of carbonyl (C=O) groups is 1. The fraction of sp³-hybridized carbons (Fsp3) is 0.294. The summed E-state index contributed by atoms with van der Waals surface area (Å²) >= 11 is 5.59. The highest BCUT2D eigenvalue weighted by Crippen LogP contribution is 2.29. The number of carbonyl (C=O) groups excluding carboxylic acids is 1. The Labute approximate surface area is 147 Å². The Morgan fingerprint density at radius 1 is 1.24 bits per heavy atom. The highest BCUT2D eigenvalue weighted by atomic mass is 35.5. The van der Waals surface area contributed by atoms with Crippen molar-refractivity contribution in [1.29, 1.82) is 0 Å². The molecular formula is C17H16ClF3N2O2. The SMILES string of the molecule is CCN(Cc1ccccc1)C(=O)Cn1cc(C(F)(F)F)cc(Cl)c1=O. The summed E-state index contributed by atoms with van der Waals surface area (Å²) in [5.74, 6) is -0.469. The van der Waals surface area contributed by atoms with E-state index in [0.29, 0.717) is 29.9 Å². The number of nitrogens with zero attached hydrogens (tertiary/aromatic N) is 2. The molecule has 2 rings (SSSR count). The zero-order valence-corrected chi connectivity index (χ0v) is 14.1. The lowest BCUT2D eigenvalue weighted by Crippen LogP contribution is -2.36. The van der Waals surface area contributed by atoms with Crippen LogP contribution in [0.4, 0.5) is 13.2 Å². The van der Waals surface area contributed by atoms with E-state index in [1.807, 2.05) is 30.3 Å². The molecule has 1 aromatic carbocycles. The van der Waals surface area contributed by atoms with Gasteiger partial charge in [0.15, 0.2) is 0 Å². The summed E-state index contributed by atoms with van der Waals surface area (Å²) in [5, 5.41) is -0.575. The van der Waals surface area contributed by atoms with Gasteiger partial charge in [-0.05, 0) is 18.6 Å². The van der Waals surface area contributed by atoms with E-state index in [1.165, 1.54) is 4.90 Å². The number of aromatic nitrogens is 1. The van der Waals surface area contributed by atoms with Crippen LogP contribution in [0.1, 0.15) is 18.1 Å². The number of hydrogen-bond acceptors (Lipinski definition) is 2. The lowest BCUT2D eigenvalue weighted by molar-refractivity contribution is -0.138. The minimum Gasteiger partial charge on any atom is -0.337 e. The Kier molecular flexibility index (Phi) is 5.89. The van der Waals surface area contributed by atoms with Gasteiger partial charge in [-0.1, -0.05) is 41.9 Å². The van der Waals surface area contributed by atoms with Gasteiger partial charge in [0, 0.05) is 19.3 Å². The van der Waals surface area contributed by atoms with Gasteiger partial charge in [0.1, 0.15) is 11.6 Å². The van der Waals surface area contributed by atoms with Crippen molar-refractivity contribution in [1.82, 2.24) is 9.47 Å². The second-order valence-corrected chi connectivity index (χ2v) is 5.81. The van der Waals surface area contributed by atoms with E-state index in [9.17, 15) is 22.8 Å². The molecule has 0 radical (unpaired) electrons. The van der Waals surface area contributed by atoms with Gasteiger partial charge in [0.05, 0.1) is 5.56 Å². The third-order valence-electron chi connectivity index (χ3n) is 3.63. The Morgan fingerprint density at radius 2 is 1.88 bits per heavy atom. The van der Waals surface area contributed by atoms with Crippen molar-refractivity contribution in [3.63, 3.8) is 0 Å². The monoisotopic (exact) mass is 372 g/mol. The summed E-state index contributed by atoms with van der Waals surface area (Å²) in [7, 11) is 0. The minimum atomic E-state index is -4.66. The van der Waals surface area contributed by atoms with Crippen molar-refractivity contribution in [2.45, 2.75) is 26.2 Å². The number of amides is 1. The molecule has 0 saturated heterocycles. The van der Waals surface area contributed by atoms with Crippen LogP contribution in [0.5, 0.6) is 0 Å². The Hall–Kier alpha value is -2.28. The first-order valence-corrected chi connectivity index (χ1v) is 7.89. The van der Waals surface area contributed by atoms with Crippen LogP contribution in [-0.4, -0.2) is 21.9 Å². The molecule has 0 aliphatic heterocycles. The fourth-order valence-electron chi connectivity index (χ4n) is 2.30. The van der Waals surface area contributed by atoms with Gasteiger partial charge in [-0.3, -0.25) is 9.59 Å². The van der Waals surface area contributed by atoms with Crippen molar-refractivity contribution < 1.29 is 18.0 Å². The average molecular weight is 373 g/mol. The van der Waals surface area contributed by atoms with E-state index in [4.69, 9.17) is 11.6 Å². The van der Waals surface area contributed by atoms with E-state index >= 15 is 0 Å². The lowest BCUT2D eigenvalue weighted by Gasteiger charge is -2.22. The third-order valence-corrected chi connectivity index (χ3v) is 3.90. The van der Waals surface area contributed by atoms with Crippen molar-refractivity contribution in [2.75, 3.05) is 6.54 Å². The largest absolute Gasteiger partial charge is 0.417 e. The van der Waals surface area contributed by atoms with Crippen LogP contribution in [0.3, 0.4) is 0 Å². The molecule has 0 aliphatic rings. The molecule has 1 aromatic heterocycles. The second-order valence-electron chi connectivity index (χ2n) is 5.40. The Balaban J connectivity index is 2.24. The first-order chi connectivity index (χ1) is 11.7. The number of pyridine rings is 1. The first kappa shape index (κ1) is 19.1. The van der Waals surface area contributed by atoms with E-state index in [0.717, 1.165) is 5.56 Å². The summed E-state index contributed by atoms with van der Waals surface area (Å²) in [4.78, 5) is 25.8. The maximum atomic E-state index is 12.9. The Bertz CT molecular complexity index is 804. The minimum absolute atomic E-state index is 0.303. The molecule has 8 heteroatoms. The van der Waals surface area contributed by atoms with Crippen molar-refractivity contribution in [3.8, 4) is 0 Å². The van der Waals surface area contributed by atoms with E-state index in [1.54, 1.807) is 6.92 Å². The topological polar surface area (TPSA) is 42.3 Å². The van der Waals surface area contributed by atoms with Gasteiger partial charge < -0.3 is 9.47 Å². The first-order valence-electron chi connectivity index (χ1n) is 7.51.